The van der Waals surface area contributed by atoms with Crippen LogP contribution in [-0.4, -0.2) is 11.4 Å². The molecule has 0 amide bonds. The molecule has 1 aromatic carbocycles. The van der Waals surface area contributed by atoms with Gasteiger partial charge >= 0.3 is 0 Å². The highest BCUT2D eigenvalue weighted by atomic mass is 32.2. The molecule has 0 fully saturated rings. The Morgan fingerprint density at radius 2 is 2.29 bits per heavy atom. The van der Waals surface area contributed by atoms with E-state index in [0.29, 0.717) is 4.90 Å². The summed E-state index contributed by atoms with van der Waals surface area (Å²) >= 11 is 2.90. The highest BCUT2D eigenvalue weighted by molar-refractivity contribution is 7.98. The van der Waals surface area contributed by atoms with Gasteiger partial charge in [-0.25, -0.2) is 4.39 Å². The second-order valence-electron chi connectivity index (χ2n) is 2.86. The first-order chi connectivity index (χ1) is 6.76. The Morgan fingerprint density at radius 3 is 2.93 bits per heavy atom. The molecule has 0 radical (unpaired) electrons. The topological polar surface area (TPSA) is 20.2 Å². The molecule has 0 saturated heterocycles. The van der Waals surface area contributed by atoms with Crippen LogP contribution in [0.2, 0.25) is 0 Å². The average molecular weight is 228 g/mol. The summed E-state index contributed by atoms with van der Waals surface area (Å²) in [6.07, 6.45) is 1.86. The Morgan fingerprint density at radius 1 is 1.50 bits per heavy atom. The first-order valence-corrected chi connectivity index (χ1v) is 6.16. The van der Waals surface area contributed by atoms with Crippen molar-refractivity contribution in [3.63, 3.8) is 0 Å². The van der Waals surface area contributed by atoms with Crippen LogP contribution in [0.5, 0.6) is 0 Å². The molecule has 0 atom stereocenters. The monoisotopic (exact) mass is 228 g/mol. The zero-order valence-electron chi connectivity index (χ0n) is 7.58. The van der Waals surface area contributed by atoms with Crippen LogP contribution >= 0.6 is 23.1 Å². The van der Waals surface area contributed by atoms with Gasteiger partial charge in [-0.2, -0.15) is 0 Å². The smallest absolute Gasteiger partial charge is 0.137 e. The SMILES string of the molecule is CSc1c(F)ccc2sc(CO)cc12. The van der Waals surface area contributed by atoms with Crippen LogP contribution < -0.4 is 0 Å². The molecular formula is C10H9FOS2. The lowest BCUT2D eigenvalue weighted by Crippen LogP contribution is -1.79. The van der Waals surface area contributed by atoms with Gasteiger partial charge in [-0.05, 0) is 24.5 Å². The number of hydrogen-bond acceptors (Lipinski definition) is 3. The van der Waals surface area contributed by atoms with Crippen molar-refractivity contribution < 1.29 is 9.50 Å². The molecule has 0 unspecified atom stereocenters. The number of benzene rings is 1. The van der Waals surface area contributed by atoms with E-state index in [9.17, 15) is 4.39 Å². The van der Waals surface area contributed by atoms with Gasteiger partial charge in [0.05, 0.1) is 11.5 Å². The molecule has 2 rings (SSSR count). The van der Waals surface area contributed by atoms with Crippen LogP contribution in [0.1, 0.15) is 4.88 Å². The van der Waals surface area contributed by atoms with Crippen LogP contribution in [0.4, 0.5) is 4.39 Å². The molecular weight excluding hydrogens is 219 g/mol. The molecule has 0 spiro atoms. The van der Waals surface area contributed by atoms with E-state index in [1.807, 2.05) is 12.3 Å². The highest BCUT2D eigenvalue weighted by Crippen LogP contribution is 2.34. The molecule has 2 aromatic rings. The maximum Gasteiger partial charge on any atom is 0.137 e. The maximum absolute atomic E-state index is 13.4. The third-order valence-electron chi connectivity index (χ3n) is 2.01. The summed E-state index contributed by atoms with van der Waals surface area (Å²) in [6.45, 7) is 0.0226. The Kier molecular flexibility index (Phi) is 2.76. The van der Waals surface area contributed by atoms with Crippen molar-refractivity contribution in [3.05, 3.63) is 28.9 Å². The fourth-order valence-corrected chi connectivity index (χ4v) is 3.04. The molecule has 1 nitrogen and oxygen atoms in total. The zero-order valence-corrected chi connectivity index (χ0v) is 9.21. The summed E-state index contributed by atoms with van der Waals surface area (Å²) in [7, 11) is 0. The van der Waals surface area contributed by atoms with Gasteiger partial charge in [0.15, 0.2) is 0 Å². The molecule has 1 N–H and O–H groups in total. The van der Waals surface area contributed by atoms with E-state index < -0.39 is 0 Å². The lowest BCUT2D eigenvalue weighted by atomic mass is 10.2. The third-order valence-corrected chi connectivity index (χ3v) is 3.92. The van der Waals surface area contributed by atoms with Gasteiger partial charge in [0, 0.05) is 15.0 Å². The number of halogens is 1. The molecule has 14 heavy (non-hydrogen) atoms. The average Bonchev–Trinajstić information content (AvgIpc) is 2.60. The number of thiophene rings is 1. The van der Waals surface area contributed by atoms with Gasteiger partial charge < -0.3 is 5.11 Å². The second-order valence-corrected chi connectivity index (χ2v) is 4.85. The van der Waals surface area contributed by atoms with Gasteiger partial charge in [-0.15, -0.1) is 23.1 Å². The van der Waals surface area contributed by atoms with E-state index in [1.54, 1.807) is 6.07 Å². The van der Waals surface area contributed by atoms with Crippen LogP contribution in [0, 0.1) is 5.82 Å². The Labute approximate surface area is 89.6 Å². The predicted molar refractivity (Wildman–Crippen MR) is 59.5 cm³/mol. The molecule has 4 heteroatoms. The van der Waals surface area contributed by atoms with E-state index in [4.69, 9.17) is 5.11 Å². The van der Waals surface area contributed by atoms with Crippen molar-refractivity contribution in [1.29, 1.82) is 0 Å². The molecule has 1 heterocycles. The van der Waals surface area contributed by atoms with Crippen molar-refractivity contribution in [2.75, 3.05) is 6.26 Å². The van der Waals surface area contributed by atoms with Gasteiger partial charge in [0.2, 0.25) is 0 Å². The van der Waals surface area contributed by atoms with E-state index >= 15 is 0 Å². The van der Waals surface area contributed by atoms with Gasteiger partial charge in [-0.1, -0.05) is 0 Å². The summed E-state index contributed by atoms with van der Waals surface area (Å²) < 4.78 is 14.4. The number of thioether (sulfide) groups is 1. The normalized spacial score (nSPS) is 11.1. The number of rotatable bonds is 2. The van der Waals surface area contributed by atoms with Crippen molar-refractivity contribution >= 4 is 33.2 Å². The summed E-state index contributed by atoms with van der Waals surface area (Å²) in [6, 6.07) is 5.09. The summed E-state index contributed by atoms with van der Waals surface area (Å²) in [5, 5.41) is 9.89. The zero-order chi connectivity index (χ0) is 10.1. The predicted octanol–water partition coefficient (Wildman–Crippen LogP) is 3.25. The second kappa shape index (κ2) is 3.88. The Hall–Kier alpha value is -0.580. The molecule has 1 aromatic heterocycles. The molecule has 0 aliphatic heterocycles. The summed E-state index contributed by atoms with van der Waals surface area (Å²) in [5.74, 6) is -0.188. The third kappa shape index (κ3) is 1.54. The van der Waals surface area contributed by atoms with Gasteiger partial charge in [0.1, 0.15) is 5.82 Å². The van der Waals surface area contributed by atoms with Crippen molar-refractivity contribution in [3.8, 4) is 0 Å². The largest absolute Gasteiger partial charge is 0.391 e. The van der Waals surface area contributed by atoms with Crippen LogP contribution in [0.25, 0.3) is 10.1 Å². The molecule has 0 aliphatic rings. The summed E-state index contributed by atoms with van der Waals surface area (Å²) in [4.78, 5) is 1.54. The minimum absolute atomic E-state index is 0.0226. The molecule has 0 aliphatic carbocycles. The minimum Gasteiger partial charge on any atom is -0.391 e. The highest BCUT2D eigenvalue weighted by Gasteiger charge is 2.09. The standard InChI is InChI=1S/C10H9FOS2/c1-13-10-7-4-6(5-12)14-9(7)3-2-8(10)11/h2-4,12H,5H2,1H3. The van der Waals surface area contributed by atoms with Crippen LogP contribution in [0.3, 0.4) is 0 Å². The van der Waals surface area contributed by atoms with Crippen molar-refractivity contribution in [1.82, 2.24) is 0 Å². The van der Waals surface area contributed by atoms with Crippen molar-refractivity contribution in [2.45, 2.75) is 11.5 Å². The summed E-state index contributed by atoms with van der Waals surface area (Å²) in [5.41, 5.74) is 0. The van der Waals surface area contributed by atoms with E-state index in [2.05, 4.69) is 0 Å². The number of aliphatic hydroxyl groups is 1. The van der Waals surface area contributed by atoms with Gasteiger partial charge in [0.25, 0.3) is 0 Å². The van der Waals surface area contributed by atoms with Gasteiger partial charge in [-0.3, -0.25) is 0 Å². The number of fused-ring (bicyclic) bond motifs is 1. The first-order valence-electron chi connectivity index (χ1n) is 4.12. The lowest BCUT2D eigenvalue weighted by molar-refractivity contribution is 0.285. The van der Waals surface area contributed by atoms with E-state index in [0.717, 1.165) is 15.0 Å². The van der Waals surface area contributed by atoms with Crippen molar-refractivity contribution in [2.24, 2.45) is 0 Å². The fraction of sp³-hybridized carbons (Fsp3) is 0.200. The first kappa shape index (κ1) is 9.96. The van der Waals surface area contributed by atoms with E-state index in [1.165, 1.54) is 29.2 Å². The van der Waals surface area contributed by atoms with E-state index in [-0.39, 0.29) is 12.4 Å². The maximum atomic E-state index is 13.4. The number of hydrogen-bond donors (Lipinski definition) is 1. The molecule has 0 bridgehead atoms. The lowest BCUT2D eigenvalue weighted by Gasteiger charge is -1.99. The molecule has 0 saturated carbocycles. The quantitative estimate of drug-likeness (QED) is 0.796. The Balaban J connectivity index is 2.73. The Bertz CT molecular complexity index is 464. The van der Waals surface area contributed by atoms with Crippen LogP contribution in [-0.2, 0) is 6.61 Å². The van der Waals surface area contributed by atoms with Crippen LogP contribution in [0.15, 0.2) is 23.1 Å². The fourth-order valence-electron chi connectivity index (χ4n) is 1.40. The number of aliphatic hydroxyl groups excluding tert-OH is 1. The minimum atomic E-state index is -0.188. The molecule has 74 valence electrons.